The van der Waals surface area contributed by atoms with E-state index in [0.29, 0.717) is 6.04 Å². The summed E-state index contributed by atoms with van der Waals surface area (Å²) in [4.78, 5) is 2.11. The van der Waals surface area contributed by atoms with Crippen molar-refractivity contribution in [2.24, 2.45) is 5.10 Å². The fraction of sp³-hybridized carbons (Fsp3) is 0.235. The molecule has 1 aliphatic heterocycles. The Morgan fingerprint density at radius 3 is 2.35 bits per heavy atom. The highest BCUT2D eigenvalue weighted by Crippen LogP contribution is 2.33. The fourth-order valence-electron chi connectivity index (χ4n) is 2.51. The van der Waals surface area contributed by atoms with E-state index in [1.807, 2.05) is 12.3 Å². The number of hydrazone groups is 1. The van der Waals surface area contributed by atoms with E-state index in [4.69, 9.17) is 0 Å². The number of hydrogen-bond donors (Lipinski definition) is 0. The fourth-order valence-corrected chi connectivity index (χ4v) is 2.51. The van der Waals surface area contributed by atoms with E-state index in [0.717, 1.165) is 12.1 Å². The summed E-state index contributed by atoms with van der Waals surface area (Å²) in [7, 11) is 4.12. The number of rotatable bonds is 3. The van der Waals surface area contributed by atoms with E-state index in [1.54, 1.807) is 0 Å². The van der Waals surface area contributed by atoms with Crippen molar-refractivity contribution in [1.29, 1.82) is 0 Å². The van der Waals surface area contributed by atoms with E-state index in [2.05, 4.69) is 77.6 Å². The number of nitrogens with zero attached hydrogens (tertiary/aromatic N) is 3. The third kappa shape index (κ3) is 2.39. The lowest BCUT2D eigenvalue weighted by Crippen LogP contribution is -2.18. The van der Waals surface area contributed by atoms with Crippen LogP contribution in [0.15, 0.2) is 59.7 Å². The highest BCUT2D eigenvalue weighted by atomic mass is 15.5. The number of anilines is 2. The minimum absolute atomic E-state index is 0.300. The smallest absolute Gasteiger partial charge is 0.0825 e. The molecule has 3 nitrogen and oxygen atoms in total. The molecule has 2 aromatic carbocycles. The molecule has 0 bridgehead atoms. The molecule has 1 aliphatic rings. The second-order valence-corrected chi connectivity index (χ2v) is 5.22. The molecule has 0 N–H and O–H groups in total. The summed E-state index contributed by atoms with van der Waals surface area (Å²) in [6.45, 7) is 0. The van der Waals surface area contributed by atoms with Gasteiger partial charge in [-0.05, 0) is 29.8 Å². The van der Waals surface area contributed by atoms with Crippen molar-refractivity contribution in [3.63, 3.8) is 0 Å². The van der Waals surface area contributed by atoms with Crippen molar-refractivity contribution in [1.82, 2.24) is 0 Å². The van der Waals surface area contributed by atoms with Gasteiger partial charge in [0.1, 0.15) is 0 Å². The van der Waals surface area contributed by atoms with Gasteiger partial charge in [-0.25, -0.2) is 0 Å². The Morgan fingerprint density at radius 1 is 1.00 bits per heavy atom. The van der Waals surface area contributed by atoms with Crippen molar-refractivity contribution >= 4 is 17.6 Å². The van der Waals surface area contributed by atoms with Gasteiger partial charge in [-0.2, -0.15) is 5.10 Å². The summed E-state index contributed by atoms with van der Waals surface area (Å²) in [6, 6.07) is 19.4. The zero-order valence-electron chi connectivity index (χ0n) is 11.9. The third-order valence-corrected chi connectivity index (χ3v) is 3.64. The van der Waals surface area contributed by atoms with Gasteiger partial charge in [0.25, 0.3) is 0 Å². The summed E-state index contributed by atoms with van der Waals surface area (Å²) in [5.41, 5.74) is 3.67. The monoisotopic (exact) mass is 265 g/mol. The highest BCUT2D eigenvalue weighted by molar-refractivity contribution is 5.68. The zero-order chi connectivity index (χ0) is 13.9. The first-order valence-electron chi connectivity index (χ1n) is 6.90. The molecule has 0 saturated heterocycles. The largest absolute Gasteiger partial charge is 0.378 e. The zero-order valence-corrected chi connectivity index (χ0v) is 11.9. The number of para-hydroxylation sites is 1. The van der Waals surface area contributed by atoms with Crippen LogP contribution in [0.5, 0.6) is 0 Å². The first-order valence-corrected chi connectivity index (χ1v) is 6.90. The van der Waals surface area contributed by atoms with Gasteiger partial charge in [-0.15, -0.1) is 0 Å². The summed E-state index contributed by atoms with van der Waals surface area (Å²) < 4.78 is 0. The topological polar surface area (TPSA) is 18.8 Å². The molecule has 1 unspecified atom stereocenters. The van der Waals surface area contributed by atoms with E-state index < -0.39 is 0 Å². The summed E-state index contributed by atoms with van der Waals surface area (Å²) in [6.07, 6.45) is 2.95. The maximum atomic E-state index is 4.52. The Bertz CT molecular complexity index is 587. The molecular formula is C17H19N3. The van der Waals surface area contributed by atoms with Crippen LogP contribution < -0.4 is 9.91 Å². The Morgan fingerprint density at radius 2 is 1.70 bits per heavy atom. The van der Waals surface area contributed by atoms with Gasteiger partial charge < -0.3 is 4.90 Å². The molecule has 0 fully saturated rings. The Labute approximate surface area is 120 Å². The van der Waals surface area contributed by atoms with Crippen molar-refractivity contribution < 1.29 is 0 Å². The molecule has 1 atom stereocenters. The van der Waals surface area contributed by atoms with Crippen molar-refractivity contribution in [3.8, 4) is 0 Å². The lowest BCUT2D eigenvalue weighted by atomic mass is 10.0. The molecule has 0 saturated carbocycles. The average molecular weight is 265 g/mol. The normalized spacial score (nSPS) is 17.5. The molecule has 3 rings (SSSR count). The molecule has 3 heteroatoms. The Balaban J connectivity index is 1.86. The molecule has 0 radical (unpaired) electrons. The minimum Gasteiger partial charge on any atom is -0.378 e. The third-order valence-electron chi connectivity index (χ3n) is 3.64. The van der Waals surface area contributed by atoms with E-state index in [9.17, 15) is 0 Å². The van der Waals surface area contributed by atoms with Crippen LogP contribution in [-0.4, -0.2) is 20.3 Å². The van der Waals surface area contributed by atoms with Crippen molar-refractivity contribution in [2.45, 2.75) is 12.5 Å². The van der Waals surface area contributed by atoms with Crippen LogP contribution in [0.3, 0.4) is 0 Å². The van der Waals surface area contributed by atoms with Gasteiger partial charge in [0, 0.05) is 32.4 Å². The Hall–Kier alpha value is -2.29. The van der Waals surface area contributed by atoms with Crippen LogP contribution in [0.4, 0.5) is 11.4 Å². The molecule has 1 heterocycles. The molecule has 0 aliphatic carbocycles. The van der Waals surface area contributed by atoms with Crippen LogP contribution in [0.25, 0.3) is 0 Å². The van der Waals surface area contributed by atoms with Gasteiger partial charge in [0.05, 0.1) is 11.7 Å². The highest BCUT2D eigenvalue weighted by Gasteiger charge is 2.23. The predicted molar refractivity (Wildman–Crippen MR) is 85.5 cm³/mol. The van der Waals surface area contributed by atoms with Gasteiger partial charge in [0.15, 0.2) is 0 Å². The number of benzene rings is 2. The van der Waals surface area contributed by atoms with Crippen LogP contribution in [0, 0.1) is 0 Å². The second-order valence-electron chi connectivity index (χ2n) is 5.22. The van der Waals surface area contributed by atoms with Gasteiger partial charge >= 0.3 is 0 Å². The second kappa shape index (κ2) is 5.37. The molecule has 102 valence electrons. The number of hydrogen-bond acceptors (Lipinski definition) is 3. The van der Waals surface area contributed by atoms with E-state index >= 15 is 0 Å². The predicted octanol–water partition coefficient (Wildman–Crippen LogP) is 3.69. The molecule has 0 aromatic heterocycles. The molecule has 0 amide bonds. The summed E-state index contributed by atoms with van der Waals surface area (Å²) >= 11 is 0. The van der Waals surface area contributed by atoms with Gasteiger partial charge in [0.2, 0.25) is 0 Å². The maximum Gasteiger partial charge on any atom is 0.0825 e. The van der Waals surface area contributed by atoms with Crippen LogP contribution in [0.2, 0.25) is 0 Å². The first-order chi connectivity index (χ1) is 9.75. The van der Waals surface area contributed by atoms with Gasteiger partial charge in [-0.3, -0.25) is 5.01 Å². The van der Waals surface area contributed by atoms with Crippen LogP contribution >= 0.6 is 0 Å². The maximum absolute atomic E-state index is 4.52. The lowest BCUT2D eigenvalue weighted by molar-refractivity contribution is 0.709. The Kier molecular flexibility index (Phi) is 3.42. The van der Waals surface area contributed by atoms with Crippen molar-refractivity contribution in [2.75, 3.05) is 24.0 Å². The van der Waals surface area contributed by atoms with Crippen molar-refractivity contribution in [3.05, 3.63) is 60.2 Å². The summed E-state index contributed by atoms with van der Waals surface area (Å²) in [5.74, 6) is 0. The quantitative estimate of drug-likeness (QED) is 0.843. The minimum atomic E-state index is 0.300. The first kappa shape index (κ1) is 12.7. The SMILES string of the molecule is CN(C)c1ccc(C2CC=NN2c2ccccc2)cc1. The molecular weight excluding hydrogens is 246 g/mol. The van der Waals surface area contributed by atoms with Gasteiger partial charge in [-0.1, -0.05) is 30.3 Å². The molecule has 2 aromatic rings. The van der Waals surface area contributed by atoms with Crippen LogP contribution in [-0.2, 0) is 0 Å². The van der Waals surface area contributed by atoms with E-state index in [1.165, 1.54) is 11.3 Å². The molecule has 20 heavy (non-hydrogen) atoms. The summed E-state index contributed by atoms with van der Waals surface area (Å²) in [5, 5.41) is 6.62. The van der Waals surface area contributed by atoms with Crippen LogP contribution in [0.1, 0.15) is 18.0 Å². The lowest BCUT2D eigenvalue weighted by Gasteiger charge is -2.24. The standard InChI is InChI=1S/C17H19N3/c1-19(2)15-10-8-14(9-11-15)17-12-13-18-20(17)16-6-4-3-5-7-16/h3-11,13,17H,12H2,1-2H3. The van der Waals surface area contributed by atoms with E-state index in [-0.39, 0.29) is 0 Å². The average Bonchev–Trinajstić information content (AvgIpc) is 2.97. The molecule has 0 spiro atoms.